The van der Waals surface area contributed by atoms with Gasteiger partial charge in [0.1, 0.15) is 0 Å². The van der Waals surface area contributed by atoms with Crippen LogP contribution in [0.3, 0.4) is 0 Å². The zero-order valence-electron chi connectivity index (χ0n) is 5.44. The maximum absolute atomic E-state index is 3.75. The lowest BCUT2D eigenvalue weighted by atomic mass is 10.4. The molecule has 0 saturated carbocycles. The summed E-state index contributed by atoms with van der Waals surface area (Å²) in [6, 6.07) is 0.340. The minimum Gasteiger partial charge on any atom is -0.224 e. The summed E-state index contributed by atoms with van der Waals surface area (Å²) < 4.78 is 1.74. The van der Waals surface area contributed by atoms with Crippen molar-refractivity contribution < 1.29 is 0 Å². The SMILES string of the molecule is CC(C)n1nnnc1P. The highest BCUT2D eigenvalue weighted by Crippen LogP contribution is 1.97. The molecule has 0 aromatic carbocycles. The van der Waals surface area contributed by atoms with Crippen LogP contribution in [0.25, 0.3) is 0 Å². The standard InChI is InChI=1S/C4H9N4P/c1-3(2)8-4(9)5-6-7-8/h3H,9H2,1-2H3. The van der Waals surface area contributed by atoms with E-state index in [2.05, 4.69) is 24.8 Å². The molecular weight excluding hydrogens is 135 g/mol. The minimum absolute atomic E-state index is 0.340. The van der Waals surface area contributed by atoms with E-state index >= 15 is 0 Å². The van der Waals surface area contributed by atoms with Gasteiger partial charge in [0, 0.05) is 0 Å². The molecule has 1 atom stereocenters. The fourth-order valence-electron chi connectivity index (χ4n) is 0.568. The predicted molar refractivity (Wildman–Crippen MR) is 37.5 cm³/mol. The Bertz CT molecular complexity index is 194. The Balaban J connectivity index is 2.94. The molecule has 0 aliphatic heterocycles. The van der Waals surface area contributed by atoms with Crippen LogP contribution in [0.2, 0.25) is 0 Å². The average Bonchev–Trinajstić information content (AvgIpc) is 2.13. The lowest BCUT2D eigenvalue weighted by molar-refractivity contribution is 0.525. The summed E-state index contributed by atoms with van der Waals surface area (Å²) in [6.07, 6.45) is 0. The highest BCUT2D eigenvalue weighted by molar-refractivity contribution is 7.26. The van der Waals surface area contributed by atoms with Crippen LogP contribution in [-0.2, 0) is 0 Å². The second-order valence-corrected chi connectivity index (χ2v) is 2.59. The number of rotatable bonds is 1. The number of hydrogen-bond acceptors (Lipinski definition) is 3. The maximum atomic E-state index is 3.75. The third-order valence-electron chi connectivity index (χ3n) is 1.01. The van der Waals surface area contributed by atoms with Crippen LogP contribution in [0.5, 0.6) is 0 Å². The number of nitrogens with zero attached hydrogens (tertiary/aromatic N) is 4. The van der Waals surface area contributed by atoms with Crippen molar-refractivity contribution in [3.05, 3.63) is 0 Å². The normalized spacial score (nSPS) is 10.7. The van der Waals surface area contributed by atoms with E-state index in [1.165, 1.54) is 0 Å². The van der Waals surface area contributed by atoms with Crippen molar-refractivity contribution in [2.75, 3.05) is 0 Å². The summed E-state index contributed by atoms with van der Waals surface area (Å²) in [5.41, 5.74) is 0.782. The van der Waals surface area contributed by atoms with E-state index in [0.717, 1.165) is 5.57 Å². The Hall–Kier alpha value is -0.500. The number of hydrogen-bond donors (Lipinski definition) is 0. The predicted octanol–water partition coefficient (Wildman–Crippen LogP) is -0.246. The highest BCUT2D eigenvalue weighted by atomic mass is 31.0. The molecule has 4 nitrogen and oxygen atoms in total. The third-order valence-corrected chi connectivity index (χ3v) is 1.39. The Morgan fingerprint density at radius 2 is 2.22 bits per heavy atom. The van der Waals surface area contributed by atoms with Crippen LogP contribution >= 0.6 is 9.24 Å². The lowest BCUT2D eigenvalue weighted by Gasteiger charge is -2.02. The Morgan fingerprint density at radius 1 is 1.56 bits per heavy atom. The summed E-state index contributed by atoms with van der Waals surface area (Å²) in [5.74, 6) is 0. The summed E-state index contributed by atoms with van der Waals surface area (Å²) in [5, 5.41) is 10.9. The van der Waals surface area contributed by atoms with Crippen LogP contribution < -0.4 is 5.57 Å². The molecule has 0 aliphatic rings. The Morgan fingerprint density at radius 3 is 2.44 bits per heavy atom. The van der Waals surface area contributed by atoms with Crippen molar-refractivity contribution in [2.45, 2.75) is 19.9 Å². The lowest BCUT2D eigenvalue weighted by Crippen LogP contribution is -2.15. The molecule has 0 N–H and O–H groups in total. The van der Waals surface area contributed by atoms with E-state index < -0.39 is 0 Å². The van der Waals surface area contributed by atoms with Gasteiger partial charge in [0.25, 0.3) is 0 Å². The van der Waals surface area contributed by atoms with Crippen molar-refractivity contribution in [3.63, 3.8) is 0 Å². The number of aromatic nitrogens is 4. The first-order valence-corrected chi connectivity index (χ1v) is 3.33. The summed E-state index contributed by atoms with van der Waals surface area (Å²) >= 11 is 0. The first kappa shape index (κ1) is 6.62. The minimum atomic E-state index is 0.340. The van der Waals surface area contributed by atoms with Gasteiger partial charge in [-0.3, -0.25) is 0 Å². The smallest absolute Gasteiger partial charge is 0.167 e. The molecule has 0 amide bonds. The van der Waals surface area contributed by atoms with Gasteiger partial charge in [-0.15, -0.1) is 5.10 Å². The van der Waals surface area contributed by atoms with E-state index in [-0.39, 0.29) is 0 Å². The van der Waals surface area contributed by atoms with E-state index in [1.54, 1.807) is 4.68 Å². The van der Waals surface area contributed by atoms with Gasteiger partial charge in [0.05, 0.1) is 6.04 Å². The molecule has 1 heterocycles. The summed E-state index contributed by atoms with van der Waals surface area (Å²) in [6.45, 7) is 4.06. The van der Waals surface area contributed by atoms with E-state index in [4.69, 9.17) is 0 Å². The van der Waals surface area contributed by atoms with E-state index in [9.17, 15) is 0 Å². The van der Waals surface area contributed by atoms with Gasteiger partial charge in [0.15, 0.2) is 5.57 Å². The zero-order chi connectivity index (χ0) is 6.85. The van der Waals surface area contributed by atoms with Gasteiger partial charge >= 0.3 is 0 Å². The first-order valence-electron chi connectivity index (χ1n) is 2.75. The molecule has 0 bridgehead atoms. The van der Waals surface area contributed by atoms with Crippen molar-refractivity contribution in [3.8, 4) is 0 Å². The fraction of sp³-hybridized carbons (Fsp3) is 0.750. The van der Waals surface area contributed by atoms with Crippen molar-refractivity contribution >= 4 is 14.8 Å². The monoisotopic (exact) mass is 144 g/mol. The van der Waals surface area contributed by atoms with E-state index in [0.29, 0.717) is 6.04 Å². The summed E-state index contributed by atoms with van der Waals surface area (Å²) in [4.78, 5) is 0. The van der Waals surface area contributed by atoms with Crippen molar-refractivity contribution in [1.29, 1.82) is 0 Å². The van der Waals surface area contributed by atoms with Crippen LogP contribution in [0.1, 0.15) is 19.9 Å². The topological polar surface area (TPSA) is 43.6 Å². The zero-order valence-corrected chi connectivity index (χ0v) is 6.60. The molecule has 1 rings (SSSR count). The van der Waals surface area contributed by atoms with Gasteiger partial charge < -0.3 is 0 Å². The molecule has 0 radical (unpaired) electrons. The van der Waals surface area contributed by atoms with Gasteiger partial charge in [-0.2, -0.15) is 0 Å². The molecule has 1 aromatic heterocycles. The van der Waals surface area contributed by atoms with Crippen LogP contribution in [0, 0.1) is 0 Å². The van der Waals surface area contributed by atoms with Gasteiger partial charge in [-0.25, -0.2) is 4.68 Å². The molecule has 0 aliphatic carbocycles. The molecule has 1 aromatic rings. The van der Waals surface area contributed by atoms with Gasteiger partial charge in [-0.05, 0) is 24.3 Å². The summed E-state index contributed by atoms with van der Waals surface area (Å²) in [7, 11) is 2.47. The molecule has 9 heavy (non-hydrogen) atoms. The molecule has 0 fully saturated rings. The second-order valence-electron chi connectivity index (χ2n) is 2.08. The van der Waals surface area contributed by atoms with Gasteiger partial charge in [0.2, 0.25) is 0 Å². The van der Waals surface area contributed by atoms with Crippen LogP contribution in [0.4, 0.5) is 0 Å². The van der Waals surface area contributed by atoms with Crippen LogP contribution in [-0.4, -0.2) is 20.2 Å². The molecular formula is C4H9N4P. The van der Waals surface area contributed by atoms with Gasteiger partial charge in [-0.1, -0.05) is 9.24 Å². The van der Waals surface area contributed by atoms with Crippen molar-refractivity contribution in [1.82, 2.24) is 20.2 Å². The Labute approximate surface area is 55.8 Å². The van der Waals surface area contributed by atoms with E-state index in [1.807, 2.05) is 13.8 Å². The number of tetrazole rings is 1. The van der Waals surface area contributed by atoms with Crippen LogP contribution in [0.15, 0.2) is 0 Å². The fourth-order valence-corrected chi connectivity index (χ4v) is 0.970. The quantitative estimate of drug-likeness (QED) is 0.510. The maximum Gasteiger partial charge on any atom is 0.167 e. The Kier molecular flexibility index (Phi) is 1.76. The average molecular weight is 144 g/mol. The molecule has 5 heteroatoms. The van der Waals surface area contributed by atoms with Crippen molar-refractivity contribution in [2.24, 2.45) is 0 Å². The molecule has 1 unspecified atom stereocenters. The largest absolute Gasteiger partial charge is 0.224 e. The highest BCUT2D eigenvalue weighted by Gasteiger charge is 2.01. The second kappa shape index (κ2) is 2.40. The molecule has 0 spiro atoms. The molecule has 50 valence electrons. The molecule has 0 saturated heterocycles. The first-order chi connectivity index (χ1) is 4.22. The third kappa shape index (κ3) is 1.24.